The number of carbonyl (C=O) groups excluding carboxylic acids is 1. The first-order chi connectivity index (χ1) is 14.2. The van der Waals surface area contributed by atoms with Crippen molar-refractivity contribution in [3.63, 3.8) is 0 Å². The molecule has 1 aromatic heterocycles. The molecule has 1 atom stereocenters. The van der Waals surface area contributed by atoms with Gasteiger partial charge in [-0.05, 0) is 44.4 Å². The number of hydrogen-bond donors (Lipinski definition) is 0. The second kappa shape index (κ2) is 9.22. The first-order valence-electron chi connectivity index (χ1n) is 10.4. The number of carbonyl (C=O) groups is 1. The maximum Gasteiger partial charge on any atom is 0.241 e. The summed E-state index contributed by atoms with van der Waals surface area (Å²) < 4.78 is 11.5. The molecule has 0 N–H and O–H groups in total. The summed E-state index contributed by atoms with van der Waals surface area (Å²) in [5.41, 5.74) is 0.844. The van der Waals surface area contributed by atoms with Gasteiger partial charge in [-0.1, -0.05) is 12.1 Å². The molecule has 2 aromatic rings. The van der Waals surface area contributed by atoms with E-state index in [0.29, 0.717) is 23.9 Å². The summed E-state index contributed by atoms with van der Waals surface area (Å²) in [4.78, 5) is 25.8. The molecule has 0 bridgehead atoms. The molecule has 2 saturated heterocycles. The molecule has 7 heteroatoms. The third kappa shape index (κ3) is 4.67. The van der Waals surface area contributed by atoms with Crippen LogP contribution in [-0.2, 0) is 4.79 Å². The van der Waals surface area contributed by atoms with Gasteiger partial charge in [0.1, 0.15) is 5.69 Å². The predicted molar refractivity (Wildman–Crippen MR) is 109 cm³/mol. The maximum atomic E-state index is 12.6. The molecular formula is C22H28N4O3. The molecule has 4 rings (SSSR count). The summed E-state index contributed by atoms with van der Waals surface area (Å²) in [7, 11) is 1.62. The molecule has 1 amide bonds. The first kappa shape index (κ1) is 19.6. The Labute approximate surface area is 171 Å². The van der Waals surface area contributed by atoms with Crippen molar-refractivity contribution in [3.05, 3.63) is 42.4 Å². The fraction of sp³-hybridized carbons (Fsp3) is 0.500. The Balaban J connectivity index is 1.47. The highest BCUT2D eigenvalue weighted by molar-refractivity contribution is 5.78. The van der Waals surface area contributed by atoms with Crippen LogP contribution in [0.4, 0.5) is 0 Å². The number of methoxy groups -OCH3 is 1. The molecule has 2 aliphatic rings. The summed E-state index contributed by atoms with van der Waals surface area (Å²) in [6.45, 7) is 4.02. The zero-order valence-electron chi connectivity index (χ0n) is 16.9. The van der Waals surface area contributed by atoms with Gasteiger partial charge in [0.15, 0.2) is 11.5 Å². The van der Waals surface area contributed by atoms with Crippen molar-refractivity contribution >= 4 is 5.91 Å². The second-order valence-electron chi connectivity index (χ2n) is 7.66. The monoisotopic (exact) mass is 396 g/mol. The molecule has 2 fully saturated rings. The summed E-state index contributed by atoms with van der Waals surface area (Å²) in [6, 6.07) is 7.52. The number of nitrogens with zero attached hydrogens (tertiary/aromatic N) is 4. The summed E-state index contributed by atoms with van der Waals surface area (Å²) in [6.07, 6.45) is 7.64. The van der Waals surface area contributed by atoms with Crippen LogP contribution in [0.15, 0.2) is 36.7 Å². The van der Waals surface area contributed by atoms with E-state index in [1.54, 1.807) is 19.5 Å². The second-order valence-corrected chi connectivity index (χ2v) is 7.66. The van der Waals surface area contributed by atoms with Crippen molar-refractivity contribution < 1.29 is 14.3 Å². The van der Waals surface area contributed by atoms with Crippen LogP contribution in [0, 0.1) is 0 Å². The SMILES string of the molecule is COc1ccccc1Oc1nccnc1C1CCCN(CC(=O)N2CCCC2)C1. The molecule has 0 radical (unpaired) electrons. The van der Waals surface area contributed by atoms with Crippen LogP contribution in [0.25, 0.3) is 0 Å². The number of rotatable bonds is 6. The average Bonchev–Trinajstić information content (AvgIpc) is 3.30. The zero-order valence-corrected chi connectivity index (χ0v) is 16.9. The predicted octanol–water partition coefficient (Wildman–Crippen LogP) is 3.08. The fourth-order valence-electron chi connectivity index (χ4n) is 4.18. The highest BCUT2D eigenvalue weighted by Crippen LogP contribution is 2.35. The maximum absolute atomic E-state index is 12.6. The van der Waals surface area contributed by atoms with Gasteiger partial charge < -0.3 is 14.4 Å². The van der Waals surface area contributed by atoms with Gasteiger partial charge in [0.2, 0.25) is 11.8 Å². The van der Waals surface area contributed by atoms with Gasteiger partial charge in [-0.2, -0.15) is 0 Å². The van der Waals surface area contributed by atoms with Crippen LogP contribution in [0.2, 0.25) is 0 Å². The summed E-state index contributed by atoms with van der Waals surface area (Å²) in [5, 5.41) is 0. The molecule has 29 heavy (non-hydrogen) atoms. The number of para-hydroxylation sites is 2. The Morgan fingerprint density at radius 2 is 1.83 bits per heavy atom. The van der Waals surface area contributed by atoms with E-state index in [2.05, 4.69) is 14.9 Å². The summed E-state index contributed by atoms with van der Waals surface area (Å²) >= 11 is 0. The molecule has 3 heterocycles. The molecule has 0 saturated carbocycles. The van der Waals surface area contributed by atoms with E-state index in [9.17, 15) is 4.79 Å². The van der Waals surface area contributed by atoms with Crippen molar-refractivity contribution in [2.75, 3.05) is 39.8 Å². The normalized spacial score (nSPS) is 19.9. The highest BCUT2D eigenvalue weighted by atomic mass is 16.5. The Kier molecular flexibility index (Phi) is 6.24. The van der Waals surface area contributed by atoms with Gasteiger partial charge in [-0.3, -0.25) is 14.7 Å². The molecule has 7 nitrogen and oxygen atoms in total. The standard InChI is InChI=1S/C22H28N4O3/c1-28-18-8-2-3-9-19(18)29-22-21(23-10-11-24-22)17-7-6-12-25(15-17)16-20(27)26-13-4-5-14-26/h2-3,8-11,17H,4-7,12-16H2,1H3. The van der Waals surface area contributed by atoms with Crippen LogP contribution in [0.5, 0.6) is 17.4 Å². The number of piperidine rings is 1. The quantitative estimate of drug-likeness (QED) is 0.748. The minimum atomic E-state index is 0.188. The number of ether oxygens (including phenoxy) is 2. The topological polar surface area (TPSA) is 67.8 Å². The lowest BCUT2D eigenvalue weighted by Crippen LogP contribution is -2.43. The van der Waals surface area contributed by atoms with Gasteiger partial charge in [0, 0.05) is 37.9 Å². The molecular weight excluding hydrogens is 368 g/mol. The van der Waals surface area contributed by atoms with Crippen LogP contribution in [-0.4, -0.2) is 65.5 Å². The van der Waals surface area contributed by atoms with Crippen LogP contribution in [0.3, 0.4) is 0 Å². The number of hydrogen-bond acceptors (Lipinski definition) is 6. The fourth-order valence-corrected chi connectivity index (χ4v) is 4.18. The van der Waals surface area contributed by atoms with E-state index in [4.69, 9.17) is 9.47 Å². The number of likely N-dealkylation sites (tertiary alicyclic amines) is 2. The van der Waals surface area contributed by atoms with E-state index in [0.717, 1.165) is 57.6 Å². The van der Waals surface area contributed by atoms with Crippen molar-refractivity contribution in [2.45, 2.75) is 31.6 Å². The number of amides is 1. The Morgan fingerprint density at radius 3 is 2.62 bits per heavy atom. The molecule has 1 unspecified atom stereocenters. The van der Waals surface area contributed by atoms with E-state index in [1.165, 1.54) is 0 Å². The van der Waals surface area contributed by atoms with Gasteiger partial charge in [-0.15, -0.1) is 0 Å². The minimum absolute atomic E-state index is 0.188. The molecule has 154 valence electrons. The largest absolute Gasteiger partial charge is 0.493 e. The number of benzene rings is 1. The molecule has 0 spiro atoms. The lowest BCUT2D eigenvalue weighted by Gasteiger charge is -2.33. The van der Waals surface area contributed by atoms with Gasteiger partial charge in [0.25, 0.3) is 0 Å². The average molecular weight is 396 g/mol. The lowest BCUT2D eigenvalue weighted by molar-refractivity contribution is -0.131. The van der Waals surface area contributed by atoms with Gasteiger partial charge >= 0.3 is 0 Å². The third-order valence-corrected chi connectivity index (χ3v) is 5.68. The van der Waals surface area contributed by atoms with E-state index in [-0.39, 0.29) is 11.8 Å². The van der Waals surface area contributed by atoms with E-state index >= 15 is 0 Å². The third-order valence-electron chi connectivity index (χ3n) is 5.68. The van der Waals surface area contributed by atoms with E-state index in [1.807, 2.05) is 29.2 Å². The first-order valence-corrected chi connectivity index (χ1v) is 10.4. The van der Waals surface area contributed by atoms with Crippen LogP contribution < -0.4 is 9.47 Å². The van der Waals surface area contributed by atoms with Crippen LogP contribution in [0.1, 0.15) is 37.3 Å². The number of aromatic nitrogens is 2. The molecule has 1 aromatic carbocycles. The van der Waals surface area contributed by atoms with Crippen molar-refractivity contribution in [3.8, 4) is 17.4 Å². The van der Waals surface area contributed by atoms with Crippen molar-refractivity contribution in [2.24, 2.45) is 0 Å². The van der Waals surface area contributed by atoms with E-state index < -0.39 is 0 Å². The van der Waals surface area contributed by atoms with Gasteiger partial charge in [0.05, 0.1) is 13.7 Å². The Hall–Kier alpha value is -2.67. The highest BCUT2D eigenvalue weighted by Gasteiger charge is 2.28. The Morgan fingerprint density at radius 1 is 1.07 bits per heavy atom. The lowest BCUT2D eigenvalue weighted by atomic mass is 9.94. The molecule has 0 aliphatic carbocycles. The Bertz CT molecular complexity index is 838. The molecule has 2 aliphatic heterocycles. The van der Waals surface area contributed by atoms with Gasteiger partial charge in [-0.25, -0.2) is 4.98 Å². The minimum Gasteiger partial charge on any atom is -0.493 e. The zero-order chi connectivity index (χ0) is 20.1. The smallest absolute Gasteiger partial charge is 0.241 e. The van der Waals surface area contributed by atoms with Crippen molar-refractivity contribution in [1.29, 1.82) is 0 Å². The van der Waals surface area contributed by atoms with Crippen LogP contribution >= 0.6 is 0 Å². The summed E-state index contributed by atoms with van der Waals surface area (Å²) in [5.74, 6) is 2.22. The van der Waals surface area contributed by atoms with Crippen molar-refractivity contribution in [1.82, 2.24) is 19.8 Å².